The maximum absolute atomic E-state index is 13.1. The Hall–Kier alpha value is -2.42. The third kappa shape index (κ3) is 3.40. The second-order valence-electron chi connectivity index (χ2n) is 6.03. The molecule has 0 unspecified atom stereocenters. The van der Waals surface area contributed by atoms with Crippen molar-refractivity contribution < 1.29 is 14.2 Å². The molecule has 1 aliphatic rings. The zero-order valence-corrected chi connectivity index (χ0v) is 13.4. The Balaban J connectivity index is 1.82. The van der Waals surface area contributed by atoms with Crippen molar-refractivity contribution in [1.82, 2.24) is 4.90 Å². The minimum atomic E-state index is -0.402. The average Bonchev–Trinajstić information content (AvgIpc) is 2.95. The van der Waals surface area contributed by atoms with E-state index in [1.54, 1.807) is 25.3 Å². The summed E-state index contributed by atoms with van der Waals surface area (Å²) in [6.07, 6.45) is 0.222. The topological polar surface area (TPSA) is 56.5 Å². The lowest BCUT2D eigenvalue weighted by atomic mass is 10.0. The number of rotatable bonds is 4. The van der Waals surface area contributed by atoms with Gasteiger partial charge in [0.1, 0.15) is 17.6 Å². The highest BCUT2D eigenvalue weighted by Gasteiger charge is 2.32. The number of likely N-dealkylation sites (tertiary alicyclic amines) is 1. The molecule has 1 aliphatic heterocycles. The molecular formula is C19H19FN2O2. The molecule has 1 heterocycles. The number of ether oxygens (including phenoxy) is 1. The maximum atomic E-state index is 13.1. The van der Waals surface area contributed by atoms with Gasteiger partial charge >= 0.3 is 0 Å². The third-order valence-corrected chi connectivity index (χ3v) is 4.41. The molecular weight excluding hydrogens is 307 g/mol. The summed E-state index contributed by atoms with van der Waals surface area (Å²) < 4.78 is 18.4. The summed E-state index contributed by atoms with van der Waals surface area (Å²) in [6, 6.07) is 14.1. The van der Waals surface area contributed by atoms with E-state index in [9.17, 15) is 9.50 Å². The Morgan fingerprint density at radius 2 is 2.04 bits per heavy atom. The fourth-order valence-corrected chi connectivity index (χ4v) is 3.25. The van der Waals surface area contributed by atoms with Gasteiger partial charge in [0.05, 0.1) is 18.8 Å². The van der Waals surface area contributed by atoms with Crippen LogP contribution in [0, 0.1) is 17.1 Å². The van der Waals surface area contributed by atoms with Gasteiger partial charge in [-0.2, -0.15) is 5.26 Å². The van der Waals surface area contributed by atoms with E-state index in [1.807, 2.05) is 12.1 Å². The van der Waals surface area contributed by atoms with E-state index in [4.69, 9.17) is 10.00 Å². The molecule has 2 aromatic rings. The Labute approximate surface area is 140 Å². The number of nitriles is 1. The van der Waals surface area contributed by atoms with Crippen LogP contribution in [0.2, 0.25) is 0 Å². The Morgan fingerprint density at radius 3 is 2.71 bits per heavy atom. The summed E-state index contributed by atoms with van der Waals surface area (Å²) in [4.78, 5) is 2.17. The fraction of sp³-hybridized carbons (Fsp3) is 0.316. The van der Waals surface area contributed by atoms with Gasteiger partial charge in [-0.15, -0.1) is 0 Å². The minimum absolute atomic E-state index is 0.0437. The van der Waals surface area contributed by atoms with Gasteiger partial charge in [0.2, 0.25) is 0 Å². The molecule has 2 atom stereocenters. The van der Waals surface area contributed by atoms with Crippen molar-refractivity contribution in [2.45, 2.75) is 25.1 Å². The monoisotopic (exact) mass is 326 g/mol. The van der Waals surface area contributed by atoms with Crippen LogP contribution in [-0.2, 0) is 6.54 Å². The lowest BCUT2D eigenvalue weighted by Gasteiger charge is -2.24. The van der Waals surface area contributed by atoms with Crippen LogP contribution in [0.5, 0.6) is 5.75 Å². The summed E-state index contributed by atoms with van der Waals surface area (Å²) >= 11 is 0. The van der Waals surface area contributed by atoms with Gasteiger partial charge < -0.3 is 9.84 Å². The van der Waals surface area contributed by atoms with Crippen molar-refractivity contribution >= 4 is 0 Å². The van der Waals surface area contributed by atoms with Gasteiger partial charge in [0.15, 0.2) is 0 Å². The first-order chi connectivity index (χ1) is 11.6. The minimum Gasteiger partial charge on any atom is -0.495 e. The van der Waals surface area contributed by atoms with Crippen molar-refractivity contribution in [3.05, 3.63) is 65.0 Å². The molecule has 4 nitrogen and oxygen atoms in total. The number of nitrogens with zero attached hydrogens (tertiary/aromatic N) is 2. The molecule has 3 rings (SSSR count). The summed E-state index contributed by atoms with van der Waals surface area (Å²) in [7, 11) is 1.54. The first-order valence-corrected chi connectivity index (χ1v) is 7.85. The van der Waals surface area contributed by atoms with Gasteiger partial charge in [-0.25, -0.2) is 4.39 Å². The molecule has 0 aromatic heterocycles. The highest BCUT2D eigenvalue weighted by atomic mass is 19.1. The second-order valence-corrected chi connectivity index (χ2v) is 6.03. The van der Waals surface area contributed by atoms with Crippen LogP contribution < -0.4 is 4.74 Å². The molecule has 0 radical (unpaired) electrons. The van der Waals surface area contributed by atoms with Crippen LogP contribution in [0.15, 0.2) is 42.5 Å². The number of β-amino-alcohol motifs (C(OH)–C–C–N with tert-alkyl or cyclic N) is 1. The quantitative estimate of drug-likeness (QED) is 0.938. The van der Waals surface area contributed by atoms with E-state index in [1.165, 1.54) is 12.1 Å². The molecule has 5 heteroatoms. The molecule has 1 saturated heterocycles. The zero-order chi connectivity index (χ0) is 17.1. The number of hydrogen-bond acceptors (Lipinski definition) is 4. The van der Waals surface area contributed by atoms with Crippen molar-refractivity contribution in [3.8, 4) is 11.8 Å². The highest BCUT2D eigenvalue weighted by molar-refractivity contribution is 5.45. The standard InChI is InChI=1S/C19H19FN2O2/c1-24-19-8-13(2-3-15(19)10-21)11-22-12-17(23)9-18(22)14-4-6-16(20)7-5-14/h2-8,17-18,23H,9,11-12H2,1H3/t17-,18+/m1/s1. The fourth-order valence-electron chi connectivity index (χ4n) is 3.25. The van der Waals surface area contributed by atoms with E-state index in [0.29, 0.717) is 30.8 Å². The number of benzene rings is 2. The lowest BCUT2D eigenvalue weighted by Crippen LogP contribution is -2.24. The summed E-state index contributed by atoms with van der Waals surface area (Å²) in [6.45, 7) is 1.19. The van der Waals surface area contributed by atoms with Crippen molar-refractivity contribution in [2.75, 3.05) is 13.7 Å². The summed E-state index contributed by atoms with van der Waals surface area (Å²) in [5.74, 6) is 0.286. The van der Waals surface area contributed by atoms with Gasteiger partial charge in [-0.1, -0.05) is 18.2 Å². The van der Waals surface area contributed by atoms with E-state index in [-0.39, 0.29) is 11.9 Å². The van der Waals surface area contributed by atoms with Gasteiger partial charge in [0.25, 0.3) is 0 Å². The Kier molecular flexibility index (Phi) is 4.79. The Bertz CT molecular complexity index is 755. The molecule has 124 valence electrons. The molecule has 24 heavy (non-hydrogen) atoms. The van der Waals surface area contributed by atoms with E-state index >= 15 is 0 Å². The predicted octanol–water partition coefficient (Wildman–Crippen LogP) is 3.01. The molecule has 0 spiro atoms. The van der Waals surface area contributed by atoms with Crippen LogP contribution in [0.25, 0.3) is 0 Å². The van der Waals surface area contributed by atoms with Crippen molar-refractivity contribution in [2.24, 2.45) is 0 Å². The second kappa shape index (κ2) is 7.00. The number of aliphatic hydroxyl groups is 1. The molecule has 1 fully saturated rings. The SMILES string of the molecule is COc1cc(CN2C[C@H](O)C[C@H]2c2ccc(F)cc2)ccc1C#N. The van der Waals surface area contributed by atoms with Crippen molar-refractivity contribution in [1.29, 1.82) is 5.26 Å². The number of halogens is 1. The number of methoxy groups -OCH3 is 1. The molecule has 0 saturated carbocycles. The molecule has 1 N–H and O–H groups in total. The molecule has 2 aromatic carbocycles. The molecule has 0 amide bonds. The van der Waals surface area contributed by atoms with Crippen molar-refractivity contribution in [3.63, 3.8) is 0 Å². The average molecular weight is 326 g/mol. The zero-order valence-electron chi connectivity index (χ0n) is 13.4. The smallest absolute Gasteiger partial charge is 0.136 e. The number of hydrogen-bond donors (Lipinski definition) is 1. The summed E-state index contributed by atoms with van der Waals surface area (Å²) in [5.41, 5.74) is 2.50. The van der Waals surface area contributed by atoms with Crippen LogP contribution in [0.3, 0.4) is 0 Å². The van der Waals surface area contributed by atoms with Crippen LogP contribution in [0.4, 0.5) is 4.39 Å². The third-order valence-electron chi connectivity index (χ3n) is 4.41. The number of aliphatic hydroxyl groups excluding tert-OH is 1. The van der Waals surface area contributed by atoms with E-state index in [0.717, 1.165) is 11.1 Å². The molecule has 0 bridgehead atoms. The normalized spacial score (nSPS) is 20.8. The maximum Gasteiger partial charge on any atom is 0.136 e. The van der Waals surface area contributed by atoms with E-state index in [2.05, 4.69) is 11.0 Å². The summed E-state index contributed by atoms with van der Waals surface area (Å²) in [5, 5.41) is 19.1. The van der Waals surface area contributed by atoms with Gasteiger partial charge in [-0.05, 0) is 41.8 Å². The highest BCUT2D eigenvalue weighted by Crippen LogP contribution is 2.34. The predicted molar refractivity (Wildman–Crippen MR) is 87.9 cm³/mol. The van der Waals surface area contributed by atoms with Crippen LogP contribution >= 0.6 is 0 Å². The van der Waals surface area contributed by atoms with Crippen LogP contribution in [-0.4, -0.2) is 29.8 Å². The lowest BCUT2D eigenvalue weighted by molar-refractivity contribution is 0.172. The Morgan fingerprint density at radius 1 is 1.29 bits per heavy atom. The van der Waals surface area contributed by atoms with Crippen LogP contribution in [0.1, 0.15) is 29.2 Å². The molecule has 0 aliphatic carbocycles. The van der Waals surface area contributed by atoms with E-state index < -0.39 is 6.10 Å². The first-order valence-electron chi connectivity index (χ1n) is 7.85. The van der Waals surface area contributed by atoms with Gasteiger partial charge in [0, 0.05) is 19.1 Å². The van der Waals surface area contributed by atoms with Gasteiger partial charge in [-0.3, -0.25) is 4.90 Å². The first kappa shape index (κ1) is 16.4. The largest absolute Gasteiger partial charge is 0.495 e.